The van der Waals surface area contributed by atoms with E-state index in [1.54, 1.807) is 40.8 Å². The Bertz CT molecular complexity index is 1310. The molecule has 0 aliphatic carbocycles. The van der Waals surface area contributed by atoms with E-state index in [9.17, 15) is 13.2 Å². The number of pyridine rings is 1. The molecule has 176 valence electrons. The van der Waals surface area contributed by atoms with E-state index in [1.165, 1.54) is 12.1 Å². The molecule has 1 unspecified atom stereocenters. The highest BCUT2D eigenvalue weighted by molar-refractivity contribution is 7.89. The second-order valence-corrected chi connectivity index (χ2v) is 10.3. The van der Waals surface area contributed by atoms with Gasteiger partial charge in [-0.25, -0.2) is 8.42 Å². The summed E-state index contributed by atoms with van der Waals surface area (Å²) >= 11 is 0. The van der Waals surface area contributed by atoms with Crippen molar-refractivity contribution in [2.75, 3.05) is 18.7 Å². The van der Waals surface area contributed by atoms with Gasteiger partial charge in [0.1, 0.15) is 0 Å². The molecule has 2 aliphatic rings. The molecule has 0 saturated carbocycles. The van der Waals surface area contributed by atoms with Gasteiger partial charge < -0.3 is 14.8 Å². The maximum Gasteiger partial charge on any atom is 0.255 e. The van der Waals surface area contributed by atoms with Crippen LogP contribution in [0.4, 0.5) is 5.69 Å². The van der Waals surface area contributed by atoms with Gasteiger partial charge in [0.2, 0.25) is 16.8 Å². The molecule has 0 spiro atoms. The van der Waals surface area contributed by atoms with Crippen molar-refractivity contribution in [1.82, 2.24) is 9.29 Å². The Balaban J connectivity index is 1.33. The lowest BCUT2D eigenvalue weighted by molar-refractivity contribution is 0.102. The van der Waals surface area contributed by atoms with E-state index in [0.717, 1.165) is 30.5 Å². The Labute approximate surface area is 198 Å². The summed E-state index contributed by atoms with van der Waals surface area (Å²) in [5.74, 6) is 0.800. The van der Waals surface area contributed by atoms with Crippen LogP contribution >= 0.6 is 0 Å². The van der Waals surface area contributed by atoms with Crippen molar-refractivity contribution in [3.63, 3.8) is 0 Å². The number of benzene rings is 2. The van der Waals surface area contributed by atoms with Gasteiger partial charge >= 0.3 is 0 Å². The van der Waals surface area contributed by atoms with Gasteiger partial charge in [-0.2, -0.15) is 4.31 Å². The Hall–Kier alpha value is -3.43. The third-order valence-electron chi connectivity index (χ3n) is 6.13. The average Bonchev–Trinajstić information content (AvgIpc) is 3.33. The van der Waals surface area contributed by atoms with E-state index < -0.39 is 10.0 Å². The number of piperidine rings is 1. The number of nitrogens with zero attached hydrogens (tertiary/aromatic N) is 2. The summed E-state index contributed by atoms with van der Waals surface area (Å²) < 4.78 is 39.1. The first-order valence-electron chi connectivity index (χ1n) is 11.2. The van der Waals surface area contributed by atoms with Crippen molar-refractivity contribution < 1.29 is 22.7 Å². The number of amides is 1. The predicted molar refractivity (Wildman–Crippen MR) is 126 cm³/mol. The summed E-state index contributed by atoms with van der Waals surface area (Å²) in [7, 11) is -3.71. The SMILES string of the molecule is Cc1ccc(C2CCCCN2S(=O)(=O)c2ccc(NC(=O)c3ccc4c(c3)OCO4)cc2)cn1. The number of carbonyl (C=O) groups is 1. The van der Waals surface area contributed by atoms with Crippen molar-refractivity contribution in [2.24, 2.45) is 0 Å². The molecule has 1 atom stereocenters. The number of hydrogen-bond donors (Lipinski definition) is 1. The van der Waals surface area contributed by atoms with E-state index in [1.807, 2.05) is 19.1 Å². The highest BCUT2D eigenvalue weighted by Crippen LogP contribution is 2.36. The fraction of sp³-hybridized carbons (Fsp3) is 0.280. The van der Waals surface area contributed by atoms with Gasteiger partial charge in [0.05, 0.1) is 10.9 Å². The highest BCUT2D eigenvalue weighted by atomic mass is 32.2. The molecule has 2 aromatic carbocycles. The van der Waals surface area contributed by atoms with Crippen molar-refractivity contribution in [2.45, 2.75) is 37.1 Å². The van der Waals surface area contributed by atoms with Gasteiger partial charge in [-0.3, -0.25) is 9.78 Å². The number of nitrogens with one attached hydrogen (secondary N) is 1. The first-order valence-corrected chi connectivity index (χ1v) is 12.6. The summed E-state index contributed by atoms with van der Waals surface area (Å²) in [6.45, 7) is 2.50. The quantitative estimate of drug-likeness (QED) is 0.586. The minimum Gasteiger partial charge on any atom is -0.454 e. The van der Waals surface area contributed by atoms with Crippen LogP contribution in [0, 0.1) is 6.92 Å². The fourth-order valence-electron chi connectivity index (χ4n) is 4.29. The molecule has 3 aromatic rings. The Morgan fingerprint density at radius 3 is 2.59 bits per heavy atom. The zero-order valence-corrected chi connectivity index (χ0v) is 19.5. The van der Waals surface area contributed by atoms with E-state index in [-0.39, 0.29) is 23.6 Å². The normalized spacial score (nSPS) is 18.0. The van der Waals surface area contributed by atoms with Crippen LogP contribution in [-0.4, -0.2) is 37.0 Å². The zero-order chi connectivity index (χ0) is 23.7. The predicted octanol–water partition coefficient (Wildman–Crippen LogP) is 4.29. The fourth-order valence-corrected chi connectivity index (χ4v) is 5.97. The van der Waals surface area contributed by atoms with Crippen LogP contribution in [0.3, 0.4) is 0 Å². The number of aromatic nitrogens is 1. The second kappa shape index (κ2) is 9.08. The van der Waals surface area contributed by atoms with Gasteiger partial charge in [0, 0.05) is 29.7 Å². The first kappa shape index (κ1) is 22.4. The van der Waals surface area contributed by atoms with Crippen LogP contribution in [0.1, 0.15) is 46.9 Å². The molecule has 5 rings (SSSR count). The van der Waals surface area contributed by atoms with Crippen LogP contribution in [0.25, 0.3) is 0 Å². The monoisotopic (exact) mass is 479 g/mol. The van der Waals surface area contributed by atoms with Crippen LogP contribution in [-0.2, 0) is 10.0 Å². The number of rotatable bonds is 5. The zero-order valence-electron chi connectivity index (χ0n) is 18.7. The molecular formula is C25H25N3O5S. The summed E-state index contributed by atoms with van der Waals surface area (Å²) in [5, 5.41) is 2.80. The van der Waals surface area contributed by atoms with Gasteiger partial charge in [-0.05, 0) is 73.9 Å². The second-order valence-electron chi connectivity index (χ2n) is 8.41. The van der Waals surface area contributed by atoms with Crippen LogP contribution in [0.2, 0.25) is 0 Å². The molecule has 34 heavy (non-hydrogen) atoms. The number of hydrogen-bond acceptors (Lipinski definition) is 6. The molecule has 2 aliphatic heterocycles. The molecule has 8 nitrogen and oxygen atoms in total. The Morgan fingerprint density at radius 2 is 1.82 bits per heavy atom. The maximum absolute atomic E-state index is 13.5. The lowest BCUT2D eigenvalue weighted by Crippen LogP contribution is -2.38. The van der Waals surface area contributed by atoms with Crippen molar-refractivity contribution in [3.8, 4) is 11.5 Å². The number of sulfonamides is 1. The minimum atomic E-state index is -3.71. The maximum atomic E-state index is 13.5. The van der Waals surface area contributed by atoms with Crippen molar-refractivity contribution in [3.05, 3.63) is 77.6 Å². The molecule has 3 heterocycles. The van der Waals surface area contributed by atoms with Crippen LogP contribution in [0.5, 0.6) is 11.5 Å². The molecular weight excluding hydrogens is 454 g/mol. The average molecular weight is 480 g/mol. The number of ether oxygens (including phenoxy) is 2. The van der Waals surface area contributed by atoms with E-state index >= 15 is 0 Å². The number of carbonyl (C=O) groups excluding carboxylic acids is 1. The first-order chi connectivity index (χ1) is 16.4. The van der Waals surface area contributed by atoms with E-state index in [2.05, 4.69) is 10.3 Å². The molecule has 1 fully saturated rings. The summed E-state index contributed by atoms with van der Waals surface area (Å²) in [4.78, 5) is 17.2. The van der Waals surface area contributed by atoms with Crippen molar-refractivity contribution >= 4 is 21.6 Å². The Morgan fingerprint density at radius 1 is 1.03 bits per heavy atom. The van der Waals surface area contributed by atoms with Gasteiger partial charge in [-0.1, -0.05) is 12.5 Å². The highest BCUT2D eigenvalue weighted by Gasteiger charge is 2.34. The third-order valence-corrected chi connectivity index (χ3v) is 8.05. The largest absolute Gasteiger partial charge is 0.454 e. The van der Waals surface area contributed by atoms with Gasteiger partial charge in [0.25, 0.3) is 5.91 Å². The Kier molecular flexibility index (Phi) is 5.97. The molecule has 0 bridgehead atoms. The molecule has 1 aromatic heterocycles. The molecule has 1 amide bonds. The smallest absolute Gasteiger partial charge is 0.255 e. The molecule has 9 heteroatoms. The third kappa shape index (κ3) is 4.36. The molecule has 0 radical (unpaired) electrons. The van der Waals surface area contributed by atoms with Crippen molar-refractivity contribution in [1.29, 1.82) is 0 Å². The summed E-state index contributed by atoms with van der Waals surface area (Å²) in [6.07, 6.45) is 4.31. The van der Waals surface area contributed by atoms with Gasteiger partial charge in [-0.15, -0.1) is 0 Å². The lowest BCUT2D eigenvalue weighted by Gasteiger charge is -2.34. The van der Waals surface area contributed by atoms with E-state index in [0.29, 0.717) is 29.3 Å². The summed E-state index contributed by atoms with van der Waals surface area (Å²) in [5.41, 5.74) is 2.72. The summed E-state index contributed by atoms with van der Waals surface area (Å²) in [6, 6.07) is 14.8. The topological polar surface area (TPSA) is 97.8 Å². The number of anilines is 1. The molecule has 1 saturated heterocycles. The van der Waals surface area contributed by atoms with Gasteiger partial charge in [0.15, 0.2) is 11.5 Å². The standard InChI is InChI=1S/C25H25N3O5S/c1-17-5-6-19(15-26-17)22-4-2-3-13-28(22)34(30,31)21-10-8-20(9-11-21)27-25(29)18-7-12-23-24(14-18)33-16-32-23/h5-12,14-15,22H,2-4,13,16H2,1H3,(H,27,29). The number of fused-ring (bicyclic) bond motifs is 1. The molecule has 1 N–H and O–H groups in total. The van der Waals surface area contributed by atoms with Crippen LogP contribution in [0.15, 0.2) is 65.7 Å². The van der Waals surface area contributed by atoms with E-state index in [4.69, 9.17) is 9.47 Å². The van der Waals surface area contributed by atoms with Crippen LogP contribution < -0.4 is 14.8 Å². The number of aryl methyl sites for hydroxylation is 1. The lowest BCUT2D eigenvalue weighted by atomic mass is 9.99. The minimum absolute atomic E-state index is 0.134.